The summed E-state index contributed by atoms with van der Waals surface area (Å²) in [5.74, 6) is 0.563. The van der Waals surface area contributed by atoms with Gasteiger partial charge in [-0.3, -0.25) is 19.4 Å². The van der Waals surface area contributed by atoms with Crippen LogP contribution in [-0.2, 0) is 24.8 Å². The summed E-state index contributed by atoms with van der Waals surface area (Å²) in [4.78, 5) is 20.9. The van der Waals surface area contributed by atoms with Gasteiger partial charge in [-0.25, -0.2) is 0 Å². The van der Waals surface area contributed by atoms with Crippen molar-refractivity contribution in [2.75, 3.05) is 26.2 Å². The lowest BCUT2D eigenvalue weighted by Crippen LogP contribution is -2.34. The van der Waals surface area contributed by atoms with Crippen LogP contribution in [-0.4, -0.2) is 56.7 Å². The molecule has 1 saturated heterocycles. The first-order chi connectivity index (χ1) is 13.6. The van der Waals surface area contributed by atoms with E-state index in [1.165, 1.54) is 16.5 Å². The summed E-state index contributed by atoms with van der Waals surface area (Å²) in [6, 6.07) is 10.6. The van der Waals surface area contributed by atoms with Crippen molar-refractivity contribution in [3.05, 3.63) is 60.0 Å². The molecule has 4 rings (SSSR count). The first-order valence-electron chi connectivity index (χ1n) is 9.86. The monoisotopic (exact) mass is 377 g/mol. The van der Waals surface area contributed by atoms with Gasteiger partial charge in [-0.2, -0.15) is 5.10 Å². The smallest absolute Gasteiger partial charge is 0.219 e. The molecule has 1 fully saturated rings. The highest BCUT2D eigenvalue weighted by Gasteiger charge is 2.24. The van der Waals surface area contributed by atoms with Gasteiger partial charge in [-0.1, -0.05) is 12.1 Å². The van der Waals surface area contributed by atoms with E-state index in [9.17, 15) is 4.79 Å². The summed E-state index contributed by atoms with van der Waals surface area (Å²) in [6.07, 6.45) is 6.78. The highest BCUT2D eigenvalue weighted by molar-refractivity contribution is 5.78. The van der Waals surface area contributed by atoms with E-state index in [0.29, 0.717) is 5.92 Å². The van der Waals surface area contributed by atoms with E-state index in [1.54, 1.807) is 6.92 Å². The van der Waals surface area contributed by atoms with Gasteiger partial charge < -0.3 is 4.90 Å². The van der Waals surface area contributed by atoms with Crippen LogP contribution < -0.4 is 0 Å². The Kier molecular flexibility index (Phi) is 5.39. The number of nitrogens with zero attached hydrogens (tertiary/aromatic N) is 5. The molecule has 1 atom stereocenters. The van der Waals surface area contributed by atoms with Gasteiger partial charge in [0, 0.05) is 70.0 Å². The number of hydrogen-bond acceptors (Lipinski definition) is 4. The number of carbonyl (C=O) groups excluding carboxylic acids is 1. The fourth-order valence-corrected chi connectivity index (χ4v) is 4.14. The number of benzene rings is 1. The second-order valence-corrected chi connectivity index (χ2v) is 7.82. The Hall–Kier alpha value is -2.73. The van der Waals surface area contributed by atoms with Gasteiger partial charge in [0.25, 0.3) is 0 Å². The van der Waals surface area contributed by atoms with Crippen molar-refractivity contribution in [1.82, 2.24) is 24.6 Å². The van der Waals surface area contributed by atoms with Crippen molar-refractivity contribution in [2.24, 2.45) is 13.0 Å². The van der Waals surface area contributed by atoms with E-state index in [-0.39, 0.29) is 5.91 Å². The molecule has 1 aliphatic heterocycles. The summed E-state index contributed by atoms with van der Waals surface area (Å²) >= 11 is 0. The topological polar surface area (TPSA) is 54.3 Å². The minimum Gasteiger partial charge on any atom is -0.341 e. The van der Waals surface area contributed by atoms with Gasteiger partial charge in [0.2, 0.25) is 5.91 Å². The molecule has 6 nitrogen and oxygen atoms in total. The zero-order valence-electron chi connectivity index (χ0n) is 16.6. The van der Waals surface area contributed by atoms with Crippen LogP contribution in [0.5, 0.6) is 0 Å². The predicted molar refractivity (Wildman–Crippen MR) is 110 cm³/mol. The van der Waals surface area contributed by atoms with Gasteiger partial charge in [-0.15, -0.1) is 0 Å². The summed E-state index contributed by atoms with van der Waals surface area (Å²) < 4.78 is 1.84. The molecule has 28 heavy (non-hydrogen) atoms. The zero-order valence-corrected chi connectivity index (χ0v) is 16.6. The van der Waals surface area contributed by atoms with E-state index >= 15 is 0 Å². The van der Waals surface area contributed by atoms with E-state index in [2.05, 4.69) is 45.4 Å². The molecule has 1 aromatic carbocycles. The lowest BCUT2D eigenvalue weighted by molar-refractivity contribution is -0.129. The van der Waals surface area contributed by atoms with Crippen molar-refractivity contribution in [3.8, 4) is 0 Å². The molecule has 0 bridgehead atoms. The fourth-order valence-electron chi connectivity index (χ4n) is 4.14. The number of aryl methyl sites for hydroxylation is 1. The summed E-state index contributed by atoms with van der Waals surface area (Å²) in [7, 11) is 1.95. The maximum absolute atomic E-state index is 12.1. The van der Waals surface area contributed by atoms with Gasteiger partial charge in [-0.05, 0) is 36.1 Å². The Labute approximate surface area is 165 Å². The van der Waals surface area contributed by atoms with Crippen LogP contribution in [0.3, 0.4) is 0 Å². The first kappa shape index (κ1) is 18.6. The van der Waals surface area contributed by atoms with Crippen molar-refractivity contribution in [1.29, 1.82) is 0 Å². The van der Waals surface area contributed by atoms with Crippen LogP contribution in [0, 0.1) is 5.92 Å². The number of carbonyl (C=O) groups is 1. The molecular weight excluding hydrogens is 350 g/mol. The molecule has 6 heteroatoms. The van der Waals surface area contributed by atoms with Crippen molar-refractivity contribution in [3.63, 3.8) is 0 Å². The zero-order chi connectivity index (χ0) is 19.5. The van der Waals surface area contributed by atoms with E-state index < -0.39 is 0 Å². The van der Waals surface area contributed by atoms with Crippen LogP contribution in [0.2, 0.25) is 0 Å². The van der Waals surface area contributed by atoms with Crippen LogP contribution in [0.15, 0.2) is 48.9 Å². The van der Waals surface area contributed by atoms with E-state index in [1.807, 2.05) is 35.1 Å². The van der Waals surface area contributed by atoms with Crippen molar-refractivity contribution in [2.45, 2.75) is 19.9 Å². The molecule has 0 N–H and O–H groups in total. The largest absolute Gasteiger partial charge is 0.341 e. The predicted octanol–water partition coefficient (Wildman–Crippen LogP) is 2.49. The third-order valence-electron chi connectivity index (χ3n) is 5.48. The molecule has 2 aromatic heterocycles. The molecule has 3 heterocycles. The number of aromatic nitrogens is 3. The van der Waals surface area contributed by atoms with Gasteiger partial charge in [0.05, 0.1) is 11.7 Å². The highest BCUT2D eigenvalue weighted by atomic mass is 16.2. The lowest BCUT2D eigenvalue weighted by atomic mass is 9.97. The minimum absolute atomic E-state index is 0.163. The summed E-state index contributed by atoms with van der Waals surface area (Å²) in [5, 5.41) is 5.45. The number of rotatable bonds is 4. The SMILES string of the molecule is CC(=O)N1CCN(Cc2cnn(C)c2)CC(Cc2ccc3ncccc3c2)C1. The molecule has 146 valence electrons. The third-order valence-corrected chi connectivity index (χ3v) is 5.48. The second-order valence-electron chi connectivity index (χ2n) is 7.82. The maximum atomic E-state index is 12.1. The molecule has 1 aliphatic rings. The first-order valence-corrected chi connectivity index (χ1v) is 9.86. The minimum atomic E-state index is 0.163. The Bertz CT molecular complexity index is 966. The lowest BCUT2D eigenvalue weighted by Gasteiger charge is -2.24. The number of pyridine rings is 1. The van der Waals surface area contributed by atoms with Gasteiger partial charge in [0.1, 0.15) is 0 Å². The maximum Gasteiger partial charge on any atom is 0.219 e. The summed E-state index contributed by atoms with van der Waals surface area (Å²) in [5.41, 5.74) is 3.54. The molecule has 0 spiro atoms. The average molecular weight is 377 g/mol. The molecule has 0 aliphatic carbocycles. The number of amides is 1. The van der Waals surface area contributed by atoms with Crippen LogP contribution in [0.1, 0.15) is 18.1 Å². The van der Waals surface area contributed by atoms with Crippen LogP contribution in [0.25, 0.3) is 10.9 Å². The standard InChI is InChI=1S/C22H27N5O/c1-17(28)27-9-8-26(15-20-12-24-25(2)13-20)14-19(16-27)10-18-5-6-22-21(11-18)4-3-7-23-22/h3-7,11-13,19H,8-10,14-16H2,1-2H3. The molecule has 1 unspecified atom stereocenters. The second kappa shape index (κ2) is 8.10. The number of hydrogen-bond donors (Lipinski definition) is 0. The Morgan fingerprint density at radius 1 is 1.18 bits per heavy atom. The fraction of sp³-hybridized carbons (Fsp3) is 0.409. The summed E-state index contributed by atoms with van der Waals surface area (Å²) in [6.45, 7) is 6.02. The van der Waals surface area contributed by atoms with Crippen LogP contribution in [0.4, 0.5) is 0 Å². The Morgan fingerprint density at radius 2 is 2.07 bits per heavy atom. The van der Waals surface area contributed by atoms with E-state index in [4.69, 9.17) is 0 Å². The van der Waals surface area contributed by atoms with Crippen molar-refractivity contribution >= 4 is 16.8 Å². The molecule has 0 radical (unpaired) electrons. The van der Waals surface area contributed by atoms with Gasteiger partial charge >= 0.3 is 0 Å². The Morgan fingerprint density at radius 3 is 2.86 bits per heavy atom. The molecular formula is C22H27N5O. The normalized spacial score (nSPS) is 18.4. The average Bonchev–Trinajstić information content (AvgIpc) is 2.97. The van der Waals surface area contributed by atoms with Crippen LogP contribution >= 0.6 is 0 Å². The highest BCUT2D eigenvalue weighted by Crippen LogP contribution is 2.20. The third kappa shape index (κ3) is 4.39. The molecule has 0 saturated carbocycles. The Balaban J connectivity index is 1.51. The quantitative estimate of drug-likeness (QED) is 0.701. The van der Waals surface area contributed by atoms with Gasteiger partial charge in [0.15, 0.2) is 0 Å². The number of fused-ring (bicyclic) bond motifs is 1. The van der Waals surface area contributed by atoms with Crippen molar-refractivity contribution < 1.29 is 4.79 Å². The van der Waals surface area contributed by atoms with E-state index in [0.717, 1.165) is 44.7 Å². The molecule has 1 amide bonds. The molecule has 3 aromatic rings.